The average molecular weight is 525 g/mol. The van der Waals surface area contributed by atoms with Crippen LogP contribution in [0.1, 0.15) is 25.8 Å². The molecular weight excluding hydrogens is 502 g/mol. The van der Waals surface area contributed by atoms with E-state index in [1.54, 1.807) is 12.1 Å². The fourth-order valence-corrected chi connectivity index (χ4v) is 4.32. The summed E-state index contributed by atoms with van der Waals surface area (Å²) in [5.74, 6) is 0.905. The van der Waals surface area contributed by atoms with Gasteiger partial charge in [0.25, 0.3) is 0 Å². The van der Waals surface area contributed by atoms with E-state index in [9.17, 15) is 4.79 Å². The molecule has 0 aliphatic carbocycles. The van der Waals surface area contributed by atoms with Gasteiger partial charge in [0, 0.05) is 16.1 Å². The van der Waals surface area contributed by atoms with Crippen molar-refractivity contribution >= 4 is 61.6 Å². The normalized spacial score (nSPS) is 17.7. The highest BCUT2D eigenvalue weighted by molar-refractivity contribution is 9.10. The van der Waals surface area contributed by atoms with Crippen molar-refractivity contribution in [2.75, 3.05) is 25.3 Å². The first-order chi connectivity index (χ1) is 14.8. The summed E-state index contributed by atoms with van der Waals surface area (Å²) in [6.45, 7) is 4.04. The van der Waals surface area contributed by atoms with Crippen LogP contribution in [0.25, 0.3) is 0 Å². The molecule has 0 bridgehead atoms. The number of nitrogens with zero attached hydrogens (tertiary/aromatic N) is 2. The number of benzene rings is 2. The minimum absolute atomic E-state index is 0.168. The maximum absolute atomic E-state index is 12.7. The molecule has 1 unspecified atom stereocenters. The standard InChI is InChI=1S/C22H23BrClN3O3S/c1-5-22(2)26-20(13-6-8-14(23)9-7-13)21(27-22)31-12-19(28)25-16-10-15(24)17(29-3)11-18(16)30-4/h6-11H,5,12H2,1-4H3,(H,25,28). The van der Waals surface area contributed by atoms with E-state index < -0.39 is 5.66 Å². The Morgan fingerprint density at radius 3 is 2.45 bits per heavy atom. The number of carbonyl (C=O) groups is 1. The van der Waals surface area contributed by atoms with Gasteiger partial charge in [-0.15, -0.1) is 0 Å². The Morgan fingerprint density at radius 1 is 1.16 bits per heavy atom. The molecule has 31 heavy (non-hydrogen) atoms. The summed E-state index contributed by atoms with van der Waals surface area (Å²) in [6.07, 6.45) is 0.769. The summed E-state index contributed by atoms with van der Waals surface area (Å²) in [5.41, 5.74) is 1.73. The van der Waals surface area contributed by atoms with Crippen molar-refractivity contribution in [3.8, 4) is 11.5 Å². The summed E-state index contributed by atoms with van der Waals surface area (Å²) >= 11 is 11.0. The van der Waals surface area contributed by atoms with Crippen LogP contribution in [0.4, 0.5) is 5.69 Å². The monoisotopic (exact) mass is 523 g/mol. The zero-order valence-corrected chi connectivity index (χ0v) is 20.8. The number of amides is 1. The van der Waals surface area contributed by atoms with Crippen LogP contribution in [-0.4, -0.2) is 42.3 Å². The highest BCUT2D eigenvalue weighted by Gasteiger charge is 2.31. The van der Waals surface area contributed by atoms with Crippen molar-refractivity contribution in [1.82, 2.24) is 0 Å². The fourth-order valence-electron chi connectivity index (χ4n) is 2.92. The number of halogens is 2. The number of nitrogens with one attached hydrogen (secondary N) is 1. The predicted octanol–water partition coefficient (Wildman–Crippen LogP) is 5.82. The third-order valence-corrected chi connectivity index (χ3v) is 6.56. The summed E-state index contributed by atoms with van der Waals surface area (Å²) in [5, 5.41) is 3.98. The molecule has 1 aliphatic heterocycles. The third-order valence-electron chi connectivity index (χ3n) is 4.77. The Kier molecular flexibility index (Phi) is 7.67. The van der Waals surface area contributed by atoms with Crippen LogP contribution in [0.5, 0.6) is 11.5 Å². The molecule has 0 spiro atoms. The molecule has 1 heterocycles. The minimum atomic E-state index is -0.520. The van der Waals surface area contributed by atoms with Crippen LogP contribution in [0.2, 0.25) is 5.02 Å². The van der Waals surface area contributed by atoms with Crippen molar-refractivity contribution < 1.29 is 14.3 Å². The SMILES string of the molecule is CCC1(C)N=C(SCC(=O)Nc2cc(Cl)c(OC)cc2OC)C(c2ccc(Br)cc2)=N1. The second kappa shape index (κ2) is 10.1. The van der Waals surface area contributed by atoms with Gasteiger partial charge >= 0.3 is 0 Å². The first kappa shape index (κ1) is 23.6. The molecule has 1 atom stereocenters. The van der Waals surface area contributed by atoms with Crippen molar-refractivity contribution in [2.45, 2.75) is 25.9 Å². The average Bonchev–Trinajstić information content (AvgIpc) is 3.10. The molecule has 0 saturated carbocycles. The molecule has 2 aromatic carbocycles. The molecule has 0 radical (unpaired) electrons. The number of carbonyl (C=O) groups excluding carboxylic acids is 1. The van der Waals surface area contributed by atoms with Gasteiger partial charge in [-0.3, -0.25) is 9.79 Å². The molecule has 0 fully saturated rings. The lowest BCUT2D eigenvalue weighted by atomic mass is 10.1. The summed E-state index contributed by atoms with van der Waals surface area (Å²) in [6, 6.07) is 11.2. The van der Waals surface area contributed by atoms with Gasteiger partial charge in [0.2, 0.25) is 5.91 Å². The number of anilines is 1. The van der Waals surface area contributed by atoms with E-state index in [0.29, 0.717) is 22.2 Å². The van der Waals surface area contributed by atoms with Crippen molar-refractivity contribution in [3.05, 3.63) is 51.5 Å². The molecular formula is C22H23BrClN3O3S. The number of aliphatic imine (C=N–C) groups is 2. The zero-order chi connectivity index (χ0) is 22.6. The topological polar surface area (TPSA) is 72.3 Å². The molecule has 1 aliphatic rings. The van der Waals surface area contributed by atoms with E-state index in [1.165, 1.54) is 26.0 Å². The van der Waals surface area contributed by atoms with Gasteiger partial charge in [-0.05, 0) is 31.5 Å². The van der Waals surface area contributed by atoms with Crippen LogP contribution >= 0.6 is 39.3 Å². The number of thioether (sulfide) groups is 1. The largest absolute Gasteiger partial charge is 0.495 e. The maximum Gasteiger partial charge on any atom is 0.234 e. The third kappa shape index (κ3) is 5.61. The molecule has 0 aromatic heterocycles. The quantitative estimate of drug-likeness (QED) is 0.495. The van der Waals surface area contributed by atoms with E-state index in [4.69, 9.17) is 31.1 Å². The van der Waals surface area contributed by atoms with Crippen LogP contribution in [0.15, 0.2) is 50.9 Å². The summed E-state index contributed by atoms with van der Waals surface area (Å²) in [4.78, 5) is 22.3. The zero-order valence-electron chi connectivity index (χ0n) is 17.7. The van der Waals surface area contributed by atoms with Crippen LogP contribution in [0, 0.1) is 0 Å². The van der Waals surface area contributed by atoms with Crippen LogP contribution in [0.3, 0.4) is 0 Å². The highest BCUT2D eigenvalue weighted by atomic mass is 79.9. The summed E-state index contributed by atoms with van der Waals surface area (Å²) < 4.78 is 11.5. The van der Waals surface area contributed by atoms with Gasteiger partial charge in [-0.1, -0.05) is 58.3 Å². The lowest BCUT2D eigenvalue weighted by Crippen LogP contribution is -2.18. The molecule has 3 rings (SSSR count). The number of hydrogen-bond donors (Lipinski definition) is 1. The first-order valence-electron chi connectivity index (χ1n) is 9.58. The second-order valence-electron chi connectivity index (χ2n) is 6.98. The van der Waals surface area contributed by atoms with E-state index in [0.717, 1.165) is 27.2 Å². The number of rotatable bonds is 7. The van der Waals surface area contributed by atoms with Gasteiger partial charge < -0.3 is 14.8 Å². The lowest BCUT2D eigenvalue weighted by molar-refractivity contribution is -0.113. The van der Waals surface area contributed by atoms with E-state index in [1.807, 2.05) is 38.1 Å². The van der Waals surface area contributed by atoms with Crippen molar-refractivity contribution in [3.63, 3.8) is 0 Å². The first-order valence-corrected chi connectivity index (χ1v) is 11.7. The Hall–Kier alpha value is -2.03. The highest BCUT2D eigenvalue weighted by Crippen LogP contribution is 2.36. The van der Waals surface area contributed by atoms with Crippen molar-refractivity contribution in [1.29, 1.82) is 0 Å². The number of hydrogen-bond acceptors (Lipinski definition) is 6. The molecule has 164 valence electrons. The van der Waals surface area contributed by atoms with E-state index in [2.05, 4.69) is 21.2 Å². The fraction of sp³-hybridized carbons (Fsp3) is 0.318. The molecule has 2 aromatic rings. The summed E-state index contributed by atoms with van der Waals surface area (Å²) in [7, 11) is 3.04. The Labute approximate surface area is 199 Å². The molecule has 6 nitrogen and oxygen atoms in total. The van der Waals surface area contributed by atoms with Gasteiger partial charge in [0.15, 0.2) is 0 Å². The smallest absolute Gasteiger partial charge is 0.234 e. The molecule has 0 saturated heterocycles. The van der Waals surface area contributed by atoms with Gasteiger partial charge in [0.05, 0.1) is 36.4 Å². The minimum Gasteiger partial charge on any atom is -0.495 e. The lowest BCUT2D eigenvalue weighted by Gasteiger charge is -2.13. The van der Waals surface area contributed by atoms with Crippen LogP contribution < -0.4 is 14.8 Å². The van der Waals surface area contributed by atoms with Gasteiger partial charge in [-0.25, -0.2) is 4.99 Å². The van der Waals surface area contributed by atoms with E-state index in [-0.39, 0.29) is 11.7 Å². The molecule has 9 heteroatoms. The number of methoxy groups -OCH3 is 2. The predicted molar refractivity (Wildman–Crippen MR) is 132 cm³/mol. The van der Waals surface area contributed by atoms with Crippen molar-refractivity contribution in [2.24, 2.45) is 9.98 Å². The van der Waals surface area contributed by atoms with Gasteiger partial charge in [-0.2, -0.15) is 0 Å². The maximum atomic E-state index is 12.7. The Morgan fingerprint density at radius 2 is 1.84 bits per heavy atom. The van der Waals surface area contributed by atoms with E-state index >= 15 is 0 Å². The molecule has 1 amide bonds. The Balaban J connectivity index is 1.74. The second-order valence-corrected chi connectivity index (χ2v) is 9.27. The Bertz CT molecular complexity index is 1040. The molecule has 1 N–H and O–H groups in total. The van der Waals surface area contributed by atoms with Crippen LogP contribution in [-0.2, 0) is 4.79 Å². The van der Waals surface area contributed by atoms with Gasteiger partial charge in [0.1, 0.15) is 22.2 Å². The number of ether oxygens (including phenoxy) is 2.